The number of nitrogens with one attached hydrogen (secondary N) is 1. The largest absolute Gasteiger partial charge is 0.478 e. The van der Waals surface area contributed by atoms with E-state index >= 15 is 0 Å². The van der Waals surface area contributed by atoms with Gasteiger partial charge < -0.3 is 15.3 Å². The summed E-state index contributed by atoms with van der Waals surface area (Å²) in [6.45, 7) is 4.44. The molecule has 1 atom stereocenters. The molecule has 0 aliphatic carbocycles. The molecule has 1 aromatic rings. The number of rotatable bonds is 2. The predicted octanol–water partition coefficient (Wildman–Crippen LogP) is 2.71. The lowest BCUT2D eigenvalue weighted by Crippen LogP contribution is -2.37. The first kappa shape index (κ1) is 13.4. The number of aromatic carboxylic acids is 1. The predicted molar refractivity (Wildman–Crippen MR) is 72.6 cm³/mol. The zero-order valence-corrected chi connectivity index (χ0v) is 11.1. The Hall–Kier alpha value is -2.04. The van der Waals surface area contributed by atoms with Gasteiger partial charge in [0.2, 0.25) is 0 Å². The number of carbonyl (C=O) groups excluding carboxylic acids is 1. The van der Waals surface area contributed by atoms with Crippen LogP contribution in [0.15, 0.2) is 18.2 Å². The highest BCUT2D eigenvalue weighted by Crippen LogP contribution is 2.22. The summed E-state index contributed by atoms with van der Waals surface area (Å²) in [5.41, 5.74) is 1.15. The standard InChI is InChI=1S/C14H18N2O3/c1-9-5-3-7-11(12(9)13(17)18)15-14(19)16-8-4-6-10(16)2/h3,5,7,10H,4,6,8H2,1-2H3,(H,15,19)(H,17,18). The summed E-state index contributed by atoms with van der Waals surface area (Å²) in [5, 5.41) is 11.9. The average molecular weight is 262 g/mol. The van der Waals surface area contributed by atoms with E-state index in [9.17, 15) is 14.7 Å². The van der Waals surface area contributed by atoms with Gasteiger partial charge in [0, 0.05) is 12.6 Å². The minimum Gasteiger partial charge on any atom is -0.478 e. The lowest BCUT2D eigenvalue weighted by Gasteiger charge is -2.22. The van der Waals surface area contributed by atoms with Crippen LogP contribution in [0.25, 0.3) is 0 Å². The number of benzene rings is 1. The van der Waals surface area contributed by atoms with E-state index in [0.29, 0.717) is 11.3 Å². The van der Waals surface area contributed by atoms with Crippen molar-refractivity contribution in [3.63, 3.8) is 0 Å². The Morgan fingerprint density at radius 2 is 2.16 bits per heavy atom. The van der Waals surface area contributed by atoms with Crippen LogP contribution in [0.3, 0.4) is 0 Å². The SMILES string of the molecule is Cc1cccc(NC(=O)N2CCCC2C)c1C(=O)O. The van der Waals surface area contributed by atoms with Crippen LogP contribution < -0.4 is 5.32 Å². The van der Waals surface area contributed by atoms with Crippen molar-refractivity contribution in [3.05, 3.63) is 29.3 Å². The molecule has 2 amide bonds. The topological polar surface area (TPSA) is 69.6 Å². The number of nitrogens with zero attached hydrogens (tertiary/aromatic N) is 1. The zero-order chi connectivity index (χ0) is 14.0. The molecule has 0 spiro atoms. The summed E-state index contributed by atoms with van der Waals surface area (Å²) in [7, 11) is 0. The molecule has 102 valence electrons. The molecule has 0 saturated carbocycles. The first-order chi connectivity index (χ1) is 9.00. The van der Waals surface area contributed by atoms with Gasteiger partial charge in [0.25, 0.3) is 0 Å². The summed E-state index contributed by atoms with van der Waals surface area (Å²) in [6.07, 6.45) is 1.99. The molecule has 1 aliphatic rings. The van der Waals surface area contributed by atoms with Crippen LogP contribution in [0.2, 0.25) is 0 Å². The van der Waals surface area contributed by atoms with Crippen LogP contribution in [0.5, 0.6) is 0 Å². The van der Waals surface area contributed by atoms with Crippen molar-refractivity contribution >= 4 is 17.7 Å². The number of carboxylic acid groups (broad SMARTS) is 1. The molecule has 0 bridgehead atoms. The number of amides is 2. The lowest BCUT2D eigenvalue weighted by atomic mass is 10.1. The summed E-state index contributed by atoms with van der Waals surface area (Å²) >= 11 is 0. The summed E-state index contributed by atoms with van der Waals surface area (Å²) in [4.78, 5) is 25.1. The molecule has 1 aromatic carbocycles. The van der Waals surface area contributed by atoms with Crippen molar-refractivity contribution < 1.29 is 14.7 Å². The van der Waals surface area contributed by atoms with E-state index in [4.69, 9.17) is 0 Å². The summed E-state index contributed by atoms with van der Waals surface area (Å²) in [6, 6.07) is 5.06. The zero-order valence-electron chi connectivity index (χ0n) is 11.1. The van der Waals surface area contributed by atoms with Crippen molar-refractivity contribution in [3.8, 4) is 0 Å². The van der Waals surface area contributed by atoms with E-state index in [1.54, 1.807) is 30.0 Å². The van der Waals surface area contributed by atoms with Crippen molar-refractivity contribution in [1.29, 1.82) is 0 Å². The number of carbonyl (C=O) groups is 2. The van der Waals surface area contributed by atoms with Crippen LogP contribution in [0.4, 0.5) is 10.5 Å². The van der Waals surface area contributed by atoms with Gasteiger partial charge in [-0.25, -0.2) is 9.59 Å². The molecule has 1 unspecified atom stereocenters. The molecule has 1 aliphatic heterocycles. The Balaban J connectivity index is 2.21. The van der Waals surface area contributed by atoms with Gasteiger partial charge in [-0.15, -0.1) is 0 Å². The minimum atomic E-state index is -1.03. The number of carboxylic acids is 1. The van der Waals surface area contributed by atoms with E-state index in [1.165, 1.54) is 0 Å². The Bertz CT molecular complexity index is 513. The highest BCUT2D eigenvalue weighted by molar-refractivity contribution is 6.01. The number of aryl methyl sites for hydroxylation is 1. The van der Waals surface area contributed by atoms with Crippen LogP contribution >= 0.6 is 0 Å². The lowest BCUT2D eigenvalue weighted by molar-refractivity contribution is 0.0697. The maximum Gasteiger partial charge on any atom is 0.338 e. The fourth-order valence-electron chi connectivity index (χ4n) is 2.48. The number of hydrogen-bond acceptors (Lipinski definition) is 2. The quantitative estimate of drug-likeness (QED) is 0.861. The molecule has 0 radical (unpaired) electrons. The molecule has 1 fully saturated rings. The van der Waals surface area contributed by atoms with Gasteiger partial charge in [-0.2, -0.15) is 0 Å². The third kappa shape index (κ3) is 2.70. The first-order valence-electron chi connectivity index (χ1n) is 6.41. The summed E-state index contributed by atoms with van der Waals surface area (Å²) < 4.78 is 0. The monoisotopic (exact) mass is 262 g/mol. The van der Waals surface area contributed by atoms with Gasteiger partial charge >= 0.3 is 12.0 Å². The highest BCUT2D eigenvalue weighted by Gasteiger charge is 2.26. The third-order valence-corrected chi connectivity index (χ3v) is 3.54. The molecule has 2 rings (SSSR count). The Labute approximate surface area is 112 Å². The normalized spacial score (nSPS) is 18.4. The fraction of sp³-hybridized carbons (Fsp3) is 0.429. The molecule has 2 N–H and O–H groups in total. The van der Waals surface area contributed by atoms with Gasteiger partial charge in [-0.1, -0.05) is 12.1 Å². The molecule has 1 saturated heterocycles. The number of urea groups is 1. The van der Waals surface area contributed by atoms with E-state index in [-0.39, 0.29) is 17.6 Å². The Morgan fingerprint density at radius 3 is 2.74 bits per heavy atom. The second-order valence-electron chi connectivity index (χ2n) is 4.92. The van der Waals surface area contributed by atoms with E-state index < -0.39 is 5.97 Å². The van der Waals surface area contributed by atoms with Crippen LogP contribution in [-0.4, -0.2) is 34.6 Å². The number of anilines is 1. The van der Waals surface area contributed by atoms with Crippen LogP contribution in [-0.2, 0) is 0 Å². The molecule has 5 nitrogen and oxygen atoms in total. The molecule has 5 heteroatoms. The second-order valence-corrected chi connectivity index (χ2v) is 4.92. The Kier molecular flexibility index (Phi) is 3.74. The van der Waals surface area contributed by atoms with Crippen molar-refractivity contribution in [2.75, 3.05) is 11.9 Å². The van der Waals surface area contributed by atoms with Crippen LogP contribution in [0, 0.1) is 6.92 Å². The fourth-order valence-corrected chi connectivity index (χ4v) is 2.48. The van der Waals surface area contributed by atoms with Crippen molar-refractivity contribution in [2.24, 2.45) is 0 Å². The highest BCUT2D eigenvalue weighted by atomic mass is 16.4. The van der Waals surface area contributed by atoms with E-state index in [1.807, 2.05) is 6.92 Å². The second kappa shape index (κ2) is 5.30. The van der Waals surface area contributed by atoms with E-state index in [0.717, 1.165) is 19.4 Å². The number of likely N-dealkylation sites (tertiary alicyclic amines) is 1. The Morgan fingerprint density at radius 1 is 1.42 bits per heavy atom. The maximum atomic E-state index is 12.1. The molecule has 19 heavy (non-hydrogen) atoms. The van der Waals surface area contributed by atoms with E-state index in [2.05, 4.69) is 5.32 Å². The molecular formula is C14H18N2O3. The minimum absolute atomic E-state index is 0.155. The van der Waals surface area contributed by atoms with Gasteiger partial charge in [-0.05, 0) is 38.3 Å². The first-order valence-corrected chi connectivity index (χ1v) is 6.41. The van der Waals surface area contributed by atoms with Crippen LogP contribution in [0.1, 0.15) is 35.7 Å². The maximum absolute atomic E-state index is 12.1. The van der Waals surface area contributed by atoms with Gasteiger partial charge in [0.15, 0.2) is 0 Å². The third-order valence-electron chi connectivity index (χ3n) is 3.54. The van der Waals surface area contributed by atoms with Gasteiger partial charge in [0.05, 0.1) is 11.3 Å². The molecule has 0 aromatic heterocycles. The smallest absolute Gasteiger partial charge is 0.338 e. The van der Waals surface area contributed by atoms with Gasteiger partial charge in [-0.3, -0.25) is 0 Å². The van der Waals surface area contributed by atoms with Gasteiger partial charge in [0.1, 0.15) is 0 Å². The van der Waals surface area contributed by atoms with Crippen molar-refractivity contribution in [2.45, 2.75) is 32.7 Å². The van der Waals surface area contributed by atoms with Crippen molar-refractivity contribution in [1.82, 2.24) is 4.90 Å². The average Bonchev–Trinajstić information content (AvgIpc) is 2.75. The number of hydrogen-bond donors (Lipinski definition) is 2. The molecule has 1 heterocycles. The molecular weight excluding hydrogens is 244 g/mol. The summed E-state index contributed by atoms with van der Waals surface area (Å²) in [5.74, 6) is -1.03.